The Balaban J connectivity index is 1.44. The molecule has 0 bridgehead atoms. The number of ether oxygens (including phenoxy) is 2. The van der Waals surface area contributed by atoms with Crippen molar-refractivity contribution in [2.45, 2.75) is 32.7 Å². The second-order valence-corrected chi connectivity index (χ2v) is 10.1. The van der Waals surface area contributed by atoms with E-state index >= 15 is 0 Å². The number of carbonyl (C=O) groups excluding carboxylic acids is 1. The van der Waals surface area contributed by atoms with Crippen LogP contribution in [0.25, 0.3) is 0 Å². The standard InChI is InChI=1S/C28H31BrClN3O3/c1-19-6-8-20(9-7-19)32-27(34)18-36-28-22(23(29)11-13-26(28)35-2)17-31-21-10-12-25(24(30)16-21)33-14-4-3-5-15-33/h6-13,16,31H,3-5,14-15,17-18H2,1-2H3,(H,32,34). The fourth-order valence-corrected chi connectivity index (χ4v) is 4.99. The highest BCUT2D eigenvalue weighted by Gasteiger charge is 2.18. The van der Waals surface area contributed by atoms with E-state index in [1.54, 1.807) is 7.11 Å². The van der Waals surface area contributed by atoms with E-state index in [4.69, 9.17) is 21.1 Å². The molecule has 4 rings (SSSR count). The van der Waals surface area contributed by atoms with Crippen LogP contribution in [0.3, 0.4) is 0 Å². The average Bonchev–Trinajstić information content (AvgIpc) is 2.89. The summed E-state index contributed by atoms with van der Waals surface area (Å²) in [6.45, 7) is 4.39. The van der Waals surface area contributed by atoms with E-state index in [0.717, 1.165) is 50.8 Å². The molecule has 1 amide bonds. The van der Waals surface area contributed by atoms with Gasteiger partial charge in [-0.15, -0.1) is 0 Å². The Morgan fingerprint density at radius 3 is 2.44 bits per heavy atom. The van der Waals surface area contributed by atoms with Gasteiger partial charge in [-0.3, -0.25) is 4.79 Å². The Bertz CT molecular complexity index is 1200. The molecule has 1 aliphatic rings. The summed E-state index contributed by atoms with van der Waals surface area (Å²) in [5.41, 5.74) is 4.67. The van der Waals surface area contributed by atoms with Crippen molar-refractivity contribution >= 4 is 50.5 Å². The fraction of sp³-hybridized carbons (Fsp3) is 0.321. The summed E-state index contributed by atoms with van der Waals surface area (Å²) in [7, 11) is 1.58. The van der Waals surface area contributed by atoms with Gasteiger partial charge in [-0.25, -0.2) is 0 Å². The number of halogens is 2. The van der Waals surface area contributed by atoms with Gasteiger partial charge in [-0.05, 0) is 68.7 Å². The van der Waals surface area contributed by atoms with Crippen molar-refractivity contribution in [3.05, 3.63) is 75.2 Å². The predicted molar refractivity (Wildman–Crippen MR) is 151 cm³/mol. The van der Waals surface area contributed by atoms with Crippen molar-refractivity contribution in [1.82, 2.24) is 0 Å². The molecule has 1 heterocycles. The summed E-state index contributed by atoms with van der Waals surface area (Å²) in [4.78, 5) is 14.9. The van der Waals surface area contributed by atoms with Crippen LogP contribution in [0.5, 0.6) is 11.5 Å². The Kier molecular flexibility index (Phi) is 8.99. The molecule has 3 aromatic rings. The SMILES string of the molecule is COc1ccc(Br)c(CNc2ccc(N3CCCCC3)c(Cl)c2)c1OCC(=O)Nc1ccc(C)cc1. The number of benzene rings is 3. The normalized spacial score (nSPS) is 13.3. The Hall–Kier alpha value is -2.90. The number of hydrogen-bond donors (Lipinski definition) is 2. The third kappa shape index (κ3) is 6.65. The lowest BCUT2D eigenvalue weighted by Crippen LogP contribution is -2.29. The molecule has 0 atom stereocenters. The summed E-state index contributed by atoms with van der Waals surface area (Å²) in [5, 5.41) is 7.02. The van der Waals surface area contributed by atoms with Crippen LogP contribution in [-0.2, 0) is 11.3 Å². The highest BCUT2D eigenvalue weighted by molar-refractivity contribution is 9.10. The predicted octanol–water partition coefficient (Wildman–Crippen LogP) is 7.04. The number of anilines is 3. The van der Waals surface area contributed by atoms with Crippen LogP contribution in [0.4, 0.5) is 17.1 Å². The zero-order chi connectivity index (χ0) is 25.5. The maximum absolute atomic E-state index is 12.5. The monoisotopic (exact) mass is 571 g/mol. The van der Waals surface area contributed by atoms with Crippen molar-refractivity contribution in [2.24, 2.45) is 0 Å². The highest BCUT2D eigenvalue weighted by Crippen LogP contribution is 2.37. The zero-order valence-electron chi connectivity index (χ0n) is 20.6. The van der Waals surface area contributed by atoms with Gasteiger partial charge in [0.2, 0.25) is 0 Å². The van der Waals surface area contributed by atoms with Crippen LogP contribution in [-0.4, -0.2) is 32.7 Å². The molecule has 0 aromatic heterocycles. The van der Waals surface area contributed by atoms with E-state index in [0.29, 0.717) is 18.0 Å². The molecular weight excluding hydrogens is 542 g/mol. The number of hydrogen-bond acceptors (Lipinski definition) is 5. The molecule has 2 N–H and O–H groups in total. The molecule has 0 radical (unpaired) electrons. The average molecular weight is 573 g/mol. The molecule has 1 saturated heterocycles. The Morgan fingerprint density at radius 2 is 1.75 bits per heavy atom. The van der Waals surface area contributed by atoms with E-state index in [-0.39, 0.29) is 12.5 Å². The summed E-state index contributed by atoms with van der Waals surface area (Å²) >= 11 is 10.3. The summed E-state index contributed by atoms with van der Waals surface area (Å²) in [6, 6.07) is 17.4. The minimum absolute atomic E-state index is 0.149. The molecule has 0 saturated carbocycles. The lowest BCUT2D eigenvalue weighted by Gasteiger charge is -2.29. The van der Waals surface area contributed by atoms with Crippen molar-refractivity contribution < 1.29 is 14.3 Å². The molecule has 36 heavy (non-hydrogen) atoms. The minimum atomic E-state index is -0.250. The van der Waals surface area contributed by atoms with E-state index in [2.05, 4.69) is 37.5 Å². The number of rotatable bonds is 9. The smallest absolute Gasteiger partial charge is 0.262 e. The van der Waals surface area contributed by atoms with Gasteiger partial charge >= 0.3 is 0 Å². The van der Waals surface area contributed by atoms with Gasteiger partial charge in [-0.2, -0.15) is 0 Å². The van der Waals surface area contributed by atoms with Crippen molar-refractivity contribution in [1.29, 1.82) is 0 Å². The summed E-state index contributed by atoms with van der Waals surface area (Å²) in [5.74, 6) is 0.811. The first-order chi connectivity index (χ1) is 17.4. The van der Waals surface area contributed by atoms with Gasteiger partial charge in [-0.1, -0.05) is 45.2 Å². The number of amides is 1. The van der Waals surface area contributed by atoms with Crippen LogP contribution in [0.2, 0.25) is 5.02 Å². The van der Waals surface area contributed by atoms with Gasteiger partial charge in [0.1, 0.15) is 0 Å². The molecular formula is C28H31BrClN3O3. The number of piperidine rings is 1. The van der Waals surface area contributed by atoms with E-state index < -0.39 is 0 Å². The van der Waals surface area contributed by atoms with E-state index in [1.165, 1.54) is 19.3 Å². The molecule has 6 nitrogen and oxygen atoms in total. The van der Waals surface area contributed by atoms with Crippen LogP contribution < -0.4 is 25.0 Å². The summed E-state index contributed by atoms with van der Waals surface area (Å²) < 4.78 is 12.3. The van der Waals surface area contributed by atoms with E-state index in [1.807, 2.05) is 55.5 Å². The van der Waals surface area contributed by atoms with Crippen LogP contribution in [0.1, 0.15) is 30.4 Å². The molecule has 1 aliphatic heterocycles. The maximum atomic E-state index is 12.5. The van der Waals surface area contributed by atoms with Gasteiger partial charge in [0.15, 0.2) is 18.1 Å². The molecule has 190 valence electrons. The van der Waals surface area contributed by atoms with Gasteiger partial charge < -0.3 is 25.0 Å². The number of aryl methyl sites for hydroxylation is 1. The third-order valence-corrected chi connectivity index (χ3v) is 7.23. The van der Waals surface area contributed by atoms with E-state index in [9.17, 15) is 4.79 Å². The fourth-order valence-electron chi connectivity index (χ4n) is 4.24. The van der Waals surface area contributed by atoms with Gasteiger partial charge in [0.25, 0.3) is 5.91 Å². The number of carbonyl (C=O) groups is 1. The van der Waals surface area contributed by atoms with Gasteiger partial charge in [0.05, 0.1) is 17.8 Å². The number of methoxy groups -OCH3 is 1. The first kappa shape index (κ1) is 26.2. The Morgan fingerprint density at radius 1 is 1.03 bits per heavy atom. The summed E-state index contributed by atoms with van der Waals surface area (Å²) in [6.07, 6.45) is 3.68. The van der Waals surface area contributed by atoms with Crippen molar-refractivity contribution in [3.8, 4) is 11.5 Å². The number of nitrogens with zero attached hydrogens (tertiary/aromatic N) is 1. The Labute approximate surface area is 226 Å². The largest absolute Gasteiger partial charge is 0.493 e. The third-order valence-electron chi connectivity index (χ3n) is 6.18. The quantitative estimate of drug-likeness (QED) is 0.288. The van der Waals surface area contributed by atoms with Crippen molar-refractivity contribution in [3.63, 3.8) is 0 Å². The molecule has 1 fully saturated rings. The van der Waals surface area contributed by atoms with Crippen LogP contribution in [0.15, 0.2) is 59.1 Å². The van der Waals surface area contributed by atoms with Crippen LogP contribution >= 0.6 is 27.5 Å². The minimum Gasteiger partial charge on any atom is -0.493 e. The first-order valence-electron chi connectivity index (χ1n) is 12.1. The van der Waals surface area contributed by atoms with Crippen molar-refractivity contribution in [2.75, 3.05) is 42.3 Å². The lowest BCUT2D eigenvalue weighted by molar-refractivity contribution is -0.118. The number of nitrogens with one attached hydrogen (secondary N) is 2. The molecule has 0 spiro atoms. The topological polar surface area (TPSA) is 62.8 Å². The highest BCUT2D eigenvalue weighted by atomic mass is 79.9. The molecule has 8 heteroatoms. The molecule has 3 aromatic carbocycles. The van der Waals surface area contributed by atoms with Gasteiger partial charge in [0, 0.05) is 41.0 Å². The zero-order valence-corrected chi connectivity index (χ0v) is 22.9. The first-order valence-corrected chi connectivity index (χ1v) is 13.2. The maximum Gasteiger partial charge on any atom is 0.262 e. The molecule has 0 aliphatic carbocycles. The second-order valence-electron chi connectivity index (χ2n) is 8.83. The lowest BCUT2D eigenvalue weighted by atomic mass is 10.1. The molecule has 0 unspecified atom stereocenters. The second kappa shape index (κ2) is 12.4. The van der Waals surface area contributed by atoms with Crippen LogP contribution in [0, 0.1) is 6.92 Å².